The van der Waals surface area contributed by atoms with Crippen LogP contribution in [0.25, 0.3) is 11.3 Å². The van der Waals surface area contributed by atoms with Crippen molar-refractivity contribution in [1.82, 2.24) is 9.78 Å². The molecule has 5 heteroatoms. The van der Waals surface area contributed by atoms with E-state index in [9.17, 15) is 0 Å². The van der Waals surface area contributed by atoms with Crippen molar-refractivity contribution in [3.8, 4) is 11.3 Å². The van der Waals surface area contributed by atoms with Crippen LogP contribution >= 0.6 is 0 Å². The molecule has 0 amide bonds. The summed E-state index contributed by atoms with van der Waals surface area (Å²) in [4.78, 5) is 0. The van der Waals surface area contributed by atoms with Crippen molar-refractivity contribution in [3.05, 3.63) is 35.9 Å². The van der Waals surface area contributed by atoms with Crippen LogP contribution in [0.15, 0.2) is 30.3 Å². The van der Waals surface area contributed by atoms with Crippen LogP contribution in [-0.4, -0.2) is 30.6 Å². The van der Waals surface area contributed by atoms with Gasteiger partial charge >= 0.3 is 0 Å². The molecule has 0 aliphatic rings. The Morgan fingerprint density at radius 3 is 2.42 bits per heavy atom. The number of hydrogen-bond acceptors (Lipinski definition) is 4. The topological polar surface area (TPSA) is 62.3 Å². The number of rotatable bonds is 5. The molecule has 0 spiro atoms. The monoisotopic (exact) mass is 261 g/mol. The Morgan fingerprint density at radius 2 is 1.95 bits per heavy atom. The predicted molar refractivity (Wildman–Crippen MR) is 74.7 cm³/mol. The molecule has 1 atom stereocenters. The van der Waals surface area contributed by atoms with Gasteiger partial charge in [0, 0.05) is 32.9 Å². The summed E-state index contributed by atoms with van der Waals surface area (Å²) in [5.74, 6) is 0.647. The number of hydrogen-bond donors (Lipinski definition) is 1. The first kappa shape index (κ1) is 13.6. The number of ether oxygens (including phenoxy) is 2. The number of nitrogens with two attached hydrogens (primary N) is 1. The van der Waals surface area contributed by atoms with Gasteiger partial charge in [-0.15, -0.1) is 0 Å². The van der Waals surface area contributed by atoms with Crippen LogP contribution in [0, 0.1) is 0 Å². The van der Waals surface area contributed by atoms with Crippen molar-refractivity contribution in [3.63, 3.8) is 0 Å². The van der Waals surface area contributed by atoms with Crippen molar-refractivity contribution < 1.29 is 9.47 Å². The Hall–Kier alpha value is -1.85. The minimum absolute atomic E-state index is 0.0483. The third-order valence-electron chi connectivity index (χ3n) is 3.10. The van der Waals surface area contributed by atoms with Gasteiger partial charge in [-0.25, -0.2) is 0 Å². The fourth-order valence-corrected chi connectivity index (χ4v) is 1.94. The quantitative estimate of drug-likeness (QED) is 0.894. The average molecular weight is 261 g/mol. The first-order chi connectivity index (χ1) is 9.15. The fraction of sp³-hybridized carbons (Fsp3) is 0.357. The highest BCUT2D eigenvalue weighted by Crippen LogP contribution is 2.23. The highest BCUT2D eigenvalue weighted by molar-refractivity contribution is 5.62. The first-order valence-electron chi connectivity index (χ1n) is 6.07. The van der Waals surface area contributed by atoms with Gasteiger partial charge in [-0.3, -0.25) is 4.68 Å². The Balaban J connectivity index is 2.22. The highest BCUT2D eigenvalue weighted by Gasteiger charge is 2.11. The third kappa shape index (κ3) is 2.94. The molecule has 2 N–H and O–H groups in total. The van der Waals surface area contributed by atoms with E-state index in [1.807, 2.05) is 37.4 Å². The van der Waals surface area contributed by atoms with Gasteiger partial charge in [0.1, 0.15) is 11.9 Å². The van der Waals surface area contributed by atoms with Crippen molar-refractivity contribution in [2.75, 3.05) is 26.6 Å². The van der Waals surface area contributed by atoms with Crippen molar-refractivity contribution in [1.29, 1.82) is 0 Å². The molecule has 2 aromatic rings. The molecule has 102 valence electrons. The number of methoxy groups -OCH3 is 2. The summed E-state index contributed by atoms with van der Waals surface area (Å²) in [6, 6.07) is 9.93. The van der Waals surface area contributed by atoms with Crippen LogP contribution in [0.2, 0.25) is 0 Å². The lowest BCUT2D eigenvalue weighted by Crippen LogP contribution is -2.08. The molecular formula is C14H19N3O2. The molecule has 1 heterocycles. The summed E-state index contributed by atoms with van der Waals surface area (Å²) in [5, 5.41) is 4.35. The minimum atomic E-state index is -0.0483. The zero-order valence-corrected chi connectivity index (χ0v) is 11.5. The molecule has 0 fully saturated rings. The summed E-state index contributed by atoms with van der Waals surface area (Å²) >= 11 is 0. The molecular weight excluding hydrogens is 242 g/mol. The van der Waals surface area contributed by atoms with Crippen molar-refractivity contribution >= 4 is 5.82 Å². The smallest absolute Gasteiger partial charge is 0.121 e. The minimum Gasteiger partial charge on any atom is -0.384 e. The molecule has 0 aliphatic heterocycles. The molecule has 5 nitrogen and oxygen atoms in total. The average Bonchev–Trinajstić information content (AvgIpc) is 2.76. The first-order valence-corrected chi connectivity index (χ1v) is 6.07. The fourth-order valence-electron chi connectivity index (χ4n) is 1.94. The second-order valence-corrected chi connectivity index (χ2v) is 4.38. The SMILES string of the molecule is COCC(OC)c1ccc(-c2cc(N)n(C)n2)cc1. The maximum atomic E-state index is 5.78. The van der Waals surface area contributed by atoms with Crippen molar-refractivity contribution in [2.45, 2.75) is 6.10 Å². The van der Waals surface area contributed by atoms with Gasteiger partial charge in [-0.1, -0.05) is 24.3 Å². The molecule has 0 saturated carbocycles. The molecule has 2 rings (SSSR count). The van der Waals surface area contributed by atoms with Gasteiger partial charge < -0.3 is 15.2 Å². The van der Waals surface area contributed by atoms with E-state index in [2.05, 4.69) is 5.10 Å². The number of nitrogen functional groups attached to an aromatic ring is 1. The van der Waals surface area contributed by atoms with Crippen LogP contribution in [0.3, 0.4) is 0 Å². The molecule has 1 aromatic carbocycles. The van der Waals surface area contributed by atoms with Gasteiger partial charge in [0.2, 0.25) is 0 Å². The summed E-state index contributed by atoms with van der Waals surface area (Å²) < 4.78 is 12.2. The van der Waals surface area contributed by atoms with E-state index in [1.165, 1.54) is 0 Å². The van der Waals surface area contributed by atoms with Gasteiger partial charge in [-0.2, -0.15) is 5.10 Å². The Kier molecular flexibility index (Phi) is 4.19. The Bertz CT molecular complexity index is 515. The lowest BCUT2D eigenvalue weighted by atomic mass is 10.1. The number of aromatic nitrogens is 2. The molecule has 19 heavy (non-hydrogen) atoms. The van der Waals surface area contributed by atoms with Gasteiger partial charge in [0.15, 0.2) is 0 Å². The van der Waals surface area contributed by atoms with E-state index in [0.717, 1.165) is 16.8 Å². The molecule has 0 saturated heterocycles. The highest BCUT2D eigenvalue weighted by atomic mass is 16.5. The van der Waals surface area contributed by atoms with E-state index < -0.39 is 0 Å². The van der Waals surface area contributed by atoms with Crippen LogP contribution in [0.4, 0.5) is 5.82 Å². The zero-order valence-electron chi connectivity index (χ0n) is 11.5. The largest absolute Gasteiger partial charge is 0.384 e. The Labute approximate surface area is 112 Å². The van der Waals surface area contributed by atoms with Crippen LogP contribution in [-0.2, 0) is 16.5 Å². The maximum absolute atomic E-state index is 5.78. The number of nitrogens with zero attached hydrogens (tertiary/aromatic N) is 2. The molecule has 1 aromatic heterocycles. The summed E-state index contributed by atoms with van der Waals surface area (Å²) in [6.45, 7) is 0.534. The standard InChI is InChI=1S/C14H19N3O2/c1-17-14(15)8-12(16-17)10-4-6-11(7-5-10)13(19-3)9-18-2/h4-8,13H,9,15H2,1-3H3. The normalized spacial score (nSPS) is 12.6. The summed E-state index contributed by atoms with van der Waals surface area (Å²) in [6.07, 6.45) is -0.0483. The number of aryl methyl sites for hydroxylation is 1. The lowest BCUT2D eigenvalue weighted by Gasteiger charge is -2.14. The summed E-state index contributed by atoms with van der Waals surface area (Å²) in [7, 11) is 5.17. The van der Waals surface area contributed by atoms with Crippen LogP contribution in [0.1, 0.15) is 11.7 Å². The third-order valence-corrected chi connectivity index (χ3v) is 3.10. The maximum Gasteiger partial charge on any atom is 0.121 e. The Morgan fingerprint density at radius 1 is 1.26 bits per heavy atom. The molecule has 1 unspecified atom stereocenters. The van der Waals surface area contributed by atoms with E-state index in [0.29, 0.717) is 12.4 Å². The van der Waals surface area contributed by atoms with Gasteiger partial charge in [-0.05, 0) is 5.56 Å². The van der Waals surface area contributed by atoms with E-state index in [1.54, 1.807) is 18.9 Å². The lowest BCUT2D eigenvalue weighted by molar-refractivity contribution is 0.0275. The molecule has 0 radical (unpaired) electrons. The predicted octanol–water partition coefficient (Wildman–Crippen LogP) is 2.00. The van der Waals surface area contributed by atoms with Gasteiger partial charge in [0.05, 0.1) is 12.3 Å². The van der Waals surface area contributed by atoms with Crippen LogP contribution < -0.4 is 5.73 Å². The van der Waals surface area contributed by atoms with Gasteiger partial charge in [0.25, 0.3) is 0 Å². The second-order valence-electron chi connectivity index (χ2n) is 4.38. The number of anilines is 1. The van der Waals surface area contributed by atoms with E-state index >= 15 is 0 Å². The summed E-state index contributed by atoms with van der Waals surface area (Å²) in [5.41, 5.74) is 8.76. The van der Waals surface area contributed by atoms with E-state index in [-0.39, 0.29) is 6.10 Å². The van der Waals surface area contributed by atoms with Crippen molar-refractivity contribution in [2.24, 2.45) is 7.05 Å². The van der Waals surface area contributed by atoms with Crippen LogP contribution in [0.5, 0.6) is 0 Å². The molecule has 0 aliphatic carbocycles. The van der Waals surface area contributed by atoms with E-state index in [4.69, 9.17) is 15.2 Å². The molecule has 0 bridgehead atoms. The zero-order chi connectivity index (χ0) is 13.8. The second kappa shape index (κ2) is 5.86. The number of benzene rings is 1.